The minimum Gasteiger partial charge on any atom is -0.338 e. The van der Waals surface area contributed by atoms with Crippen molar-refractivity contribution < 1.29 is 9.18 Å². The minimum atomic E-state index is -0.421. The van der Waals surface area contributed by atoms with Crippen LogP contribution in [0.4, 0.5) is 4.39 Å². The van der Waals surface area contributed by atoms with Crippen molar-refractivity contribution in [3.63, 3.8) is 0 Å². The first kappa shape index (κ1) is 16.8. The Bertz CT molecular complexity index is 1040. The van der Waals surface area contributed by atoms with Gasteiger partial charge in [-0.25, -0.2) is 8.91 Å². The highest BCUT2D eigenvalue weighted by Crippen LogP contribution is 2.23. The van der Waals surface area contributed by atoms with Crippen LogP contribution in [0.3, 0.4) is 0 Å². The Morgan fingerprint density at radius 1 is 1.23 bits per heavy atom. The van der Waals surface area contributed by atoms with Gasteiger partial charge in [-0.1, -0.05) is 23.5 Å². The predicted octanol–water partition coefficient (Wildman–Crippen LogP) is 2.43. The zero-order chi connectivity index (χ0) is 18.3. The van der Waals surface area contributed by atoms with Crippen molar-refractivity contribution in [2.24, 2.45) is 0 Å². The van der Waals surface area contributed by atoms with Crippen molar-refractivity contribution in [2.45, 2.75) is 26.2 Å². The van der Waals surface area contributed by atoms with Gasteiger partial charge in [-0.3, -0.25) is 9.59 Å². The van der Waals surface area contributed by atoms with Crippen molar-refractivity contribution in [3.8, 4) is 0 Å². The molecule has 0 atom stereocenters. The summed E-state index contributed by atoms with van der Waals surface area (Å²) in [4.78, 5) is 31.9. The summed E-state index contributed by atoms with van der Waals surface area (Å²) in [6.07, 6.45) is 2.30. The monoisotopic (exact) mass is 372 g/mol. The number of rotatable bonds is 3. The number of halogens is 1. The largest absolute Gasteiger partial charge is 0.338 e. The molecule has 0 spiro atoms. The van der Waals surface area contributed by atoms with Crippen LogP contribution in [0, 0.1) is 12.7 Å². The molecule has 1 aromatic carbocycles. The van der Waals surface area contributed by atoms with Crippen LogP contribution in [0.25, 0.3) is 4.96 Å². The standard InChI is InChI=1S/C18H17FN4O2S/c1-11-15(17(25)22-8-2-3-9-22)26-18-20-16(24)14(21-23(11)18)10-12-4-6-13(19)7-5-12/h4-7H,2-3,8-10H2,1H3. The van der Waals surface area contributed by atoms with Gasteiger partial charge >= 0.3 is 0 Å². The molecule has 26 heavy (non-hydrogen) atoms. The molecule has 0 saturated carbocycles. The Morgan fingerprint density at radius 2 is 1.92 bits per heavy atom. The average Bonchev–Trinajstić information content (AvgIpc) is 3.26. The lowest BCUT2D eigenvalue weighted by Gasteiger charge is -2.13. The van der Waals surface area contributed by atoms with E-state index in [9.17, 15) is 14.0 Å². The van der Waals surface area contributed by atoms with Crippen LogP contribution in [0.15, 0.2) is 29.1 Å². The van der Waals surface area contributed by atoms with Crippen LogP contribution in [0.2, 0.25) is 0 Å². The summed E-state index contributed by atoms with van der Waals surface area (Å²) in [7, 11) is 0. The molecule has 1 aliphatic heterocycles. The molecule has 0 aliphatic carbocycles. The molecular weight excluding hydrogens is 355 g/mol. The van der Waals surface area contributed by atoms with Gasteiger partial charge in [0.25, 0.3) is 11.5 Å². The Labute approximate surface area is 152 Å². The first-order valence-electron chi connectivity index (χ1n) is 8.46. The Morgan fingerprint density at radius 3 is 2.62 bits per heavy atom. The number of carbonyl (C=O) groups excluding carboxylic acids is 1. The number of nitrogens with zero attached hydrogens (tertiary/aromatic N) is 4. The molecule has 1 aliphatic rings. The van der Waals surface area contributed by atoms with E-state index in [0.717, 1.165) is 31.5 Å². The van der Waals surface area contributed by atoms with Gasteiger partial charge in [0.2, 0.25) is 4.96 Å². The Hall–Kier alpha value is -2.61. The van der Waals surface area contributed by atoms with E-state index in [-0.39, 0.29) is 23.8 Å². The molecule has 8 heteroatoms. The topological polar surface area (TPSA) is 67.6 Å². The second kappa shape index (κ2) is 6.60. The van der Waals surface area contributed by atoms with Gasteiger partial charge in [-0.15, -0.1) is 0 Å². The summed E-state index contributed by atoms with van der Waals surface area (Å²) in [5.41, 5.74) is 1.32. The maximum absolute atomic E-state index is 13.0. The second-order valence-corrected chi connectivity index (χ2v) is 7.35. The number of fused-ring (bicyclic) bond motifs is 1. The second-order valence-electron chi connectivity index (χ2n) is 6.38. The summed E-state index contributed by atoms with van der Waals surface area (Å²) in [5, 5.41) is 4.41. The molecule has 1 amide bonds. The lowest BCUT2D eigenvalue weighted by Crippen LogP contribution is -2.27. The van der Waals surface area contributed by atoms with E-state index in [2.05, 4.69) is 10.1 Å². The van der Waals surface area contributed by atoms with E-state index in [1.54, 1.807) is 16.6 Å². The highest BCUT2D eigenvalue weighted by atomic mass is 32.1. The number of hydrogen-bond donors (Lipinski definition) is 0. The number of aryl methyl sites for hydroxylation is 1. The highest BCUT2D eigenvalue weighted by Gasteiger charge is 2.25. The lowest BCUT2D eigenvalue weighted by atomic mass is 10.1. The number of likely N-dealkylation sites (tertiary alicyclic amines) is 1. The Kier molecular flexibility index (Phi) is 4.28. The molecule has 4 rings (SSSR count). The quantitative estimate of drug-likeness (QED) is 0.708. The first-order valence-corrected chi connectivity index (χ1v) is 9.27. The van der Waals surface area contributed by atoms with Crippen LogP contribution in [-0.4, -0.2) is 38.5 Å². The molecule has 6 nitrogen and oxygen atoms in total. The molecule has 0 radical (unpaired) electrons. The van der Waals surface area contributed by atoms with Crippen LogP contribution in [0.1, 0.15) is 39.5 Å². The molecule has 0 unspecified atom stereocenters. The van der Waals surface area contributed by atoms with Crippen molar-refractivity contribution in [2.75, 3.05) is 13.1 Å². The third-order valence-electron chi connectivity index (χ3n) is 4.56. The van der Waals surface area contributed by atoms with Crippen molar-refractivity contribution in [1.82, 2.24) is 19.5 Å². The number of aromatic nitrogens is 3. The third kappa shape index (κ3) is 3.01. The van der Waals surface area contributed by atoms with E-state index in [1.165, 1.54) is 23.5 Å². The Balaban J connectivity index is 1.71. The van der Waals surface area contributed by atoms with Gasteiger partial charge in [-0.05, 0) is 37.5 Å². The molecule has 3 heterocycles. The predicted molar refractivity (Wildman–Crippen MR) is 96.2 cm³/mol. The first-order chi connectivity index (χ1) is 12.5. The summed E-state index contributed by atoms with van der Waals surface area (Å²) in [6, 6.07) is 5.94. The minimum absolute atomic E-state index is 0.0233. The summed E-state index contributed by atoms with van der Waals surface area (Å²) >= 11 is 1.20. The molecule has 0 N–H and O–H groups in total. The van der Waals surface area contributed by atoms with Crippen LogP contribution in [-0.2, 0) is 6.42 Å². The van der Waals surface area contributed by atoms with Crippen LogP contribution < -0.4 is 5.56 Å². The van der Waals surface area contributed by atoms with Gasteiger partial charge in [-0.2, -0.15) is 10.1 Å². The molecular formula is C18H17FN4O2S. The molecule has 3 aromatic rings. The average molecular weight is 372 g/mol. The van der Waals surface area contributed by atoms with Gasteiger partial charge in [0, 0.05) is 19.5 Å². The zero-order valence-corrected chi connectivity index (χ0v) is 15.1. The molecule has 134 valence electrons. The number of hydrogen-bond acceptors (Lipinski definition) is 5. The van der Waals surface area contributed by atoms with Crippen LogP contribution >= 0.6 is 11.3 Å². The fourth-order valence-electron chi connectivity index (χ4n) is 3.12. The molecule has 1 fully saturated rings. The van der Waals surface area contributed by atoms with Gasteiger partial charge in [0.05, 0.1) is 5.69 Å². The van der Waals surface area contributed by atoms with Gasteiger partial charge < -0.3 is 4.90 Å². The van der Waals surface area contributed by atoms with Gasteiger partial charge in [0.15, 0.2) is 0 Å². The number of carbonyl (C=O) groups is 1. The maximum Gasteiger partial charge on any atom is 0.296 e. The summed E-state index contributed by atoms with van der Waals surface area (Å²) in [5.74, 6) is -0.351. The zero-order valence-electron chi connectivity index (χ0n) is 14.2. The molecule has 1 saturated heterocycles. The maximum atomic E-state index is 13.0. The lowest BCUT2D eigenvalue weighted by molar-refractivity contribution is 0.0796. The number of thiazole rings is 1. The normalized spacial score (nSPS) is 14.3. The summed E-state index contributed by atoms with van der Waals surface area (Å²) < 4.78 is 14.6. The van der Waals surface area contributed by atoms with Gasteiger partial charge in [0.1, 0.15) is 16.4 Å². The third-order valence-corrected chi connectivity index (χ3v) is 5.68. The highest BCUT2D eigenvalue weighted by molar-refractivity contribution is 7.19. The smallest absolute Gasteiger partial charge is 0.296 e. The number of benzene rings is 1. The molecule has 0 bridgehead atoms. The van der Waals surface area contributed by atoms with Crippen molar-refractivity contribution in [3.05, 3.63) is 62.3 Å². The fraction of sp³-hybridized carbons (Fsp3) is 0.333. The van der Waals surface area contributed by atoms with E-state index < -0.39 is 5.56 Å². The van der Waals surface area contributed by atoms with Crippen molar-refractivity contribution >= 4 is 22.2 Å². The summed E-state index contributed by atoms with van der Waals surface area (Å²) in [6.45, 7) is 3.34. The van der Waals surface area contributed by atoms with E-state index in [4.69, 9.17) is 0 Å². The van der Waals surface area contributed by atoms with Crippen molar-refractivity contribution in [1.29, 1.82) is 0 Å². The fourth-order valence-corrected chi connectivity index (χ4v) is 4.15. The van der Waals surface area contributed by atoms with E-state index >= 15 is 0 Å². The van der Waals surface area contributed by atoms with Crippen LogP contribution in [0.5, 0.6) is 0 Å². The molecule has 2 aromatic heterocycles. The SMILES string of the molecule is Cc1c(C(=O)N2CCCC2)sc2nc(=O)c(Cc3ccc(F)cc3)nn12. The van der Waals surface area contributed by atoms with E-state index in [1.807, 2.05) is 11.8 Å². The van der Waals surface area contributed by atoms with E-state index in [0.29, 0.717) is 15.5 Å². The number of amides is 1.